The number of fused-ring (bicyclic) bond motifs is 1. The molecule has 2 atom stereocenters. The van der Waals surface area contributed by atoms with Crippen LogP contribution < -0.4 is 10.1 Å². The molecule has 0 radical (unpaired) electrons. The van der Waals surface area contributed by atoms with Crippen molar-refractivity contribution in [1.29, 1.82) is 0 Å². The monoisotopic (exact) mass is 302 g/mol. The summed E-state index contributed by atoms with van der Waals surface area (Å²) in [4.78, 5) is 2.51. The van der Waals surface area contributed by atoms with Crippen LogP contribution in [0.15, 0.2) is 18.2 Å². The van der Waals surface area contributed by atoms with Gasteiger partial charge in [0, 0.05) is 24.3 Å². The minimum Gasteiger partial charge on any atom is -0.433 e. The van der Waals surface area contributed by atoms with Crippen molar-refractivity contribution in [3.63, 3.8) is 0 Å². The summed E-state index contributed by atoms with van der Waals surface area (Å²) >= 11 is 5.96. The number of benzene rings is 1. The fraction of sp³-hybridized carbons (Fsp3) is 0.571. The molecule has 1 aromatic rings. The van der Waals surface area contributed by atoms with E-state index >= 15 is 0 Å². The first-order valence-electron chi connectivity index (χ1n) is 6.88. The zero-order chi connectivity index (χ0) is 14.1. The summed E-state index contributed by atoms with van der Waals surface area (Å²) in [5.74, 6) is 0.0149. The van der Waals surface area contributed by atoms with Crippen molar-refractivity contribution in [3.8, 4) is 5.75 Å². The molecule has 1 aromatic carbocycles. The Bertz CT molecular complexity index is 486. The van der Waals surface area contributed by atoms with Crippen LogP contribution >= 0.6 is 11.6 Å². The minimum atomic E-state index is -2.85. The third kappa shape index (κ3) is 2.83. The Labute approximate surface area is 121 Å². The smallest absolute Gasteiger partial charge is 0.387 e. The molecule has 2 fully saturated rings. The average molecular weight is 303 g/mol. The number of rotatable bonds is 4. The largest absolute Gasteiger partial charge is 0.433 e. The highest BCUT2D eigenvalue weighted by Gasteiger charge is 2.36. The van der Waals surface area contributed by atoms with Crippen molar-refractivity contribution >= 4 is 17.3 Å². The lowest BCUT2D eigenvalue weighted by Gasteiger charge is -2.22. The van der Waals surface area contributed by atoms with E-state index in [2.05, 4.69) is 15.0 Å². The first-order valence-corrected chi connectivity index (χ1v) is 7.26. The van der Waals surface area contributed by atoms with Crippen molar-refractivity contribution in [3.05, 3.63) is 23.2 Å². The molecule has 3 nitrogen and oxygen atoms in total. The maximum absolute atomic E-state index is 12.2. The average Bonchev–Trinajstić information content (AvgIpc) is 2.97. The Morgan fingerprint density at radius 1 is 1.30 bits per heavy atom. The number of anilines is 1. The number of halogens is 3. The first kappa shape index (κ1) is 13.9. The number of nitrogens with one attached hydrogen (secondary N) is 1. The molecular weight excluding hydrogens is 286 g/mol. The van der Waals surface area contributed by atoms with Crippen LogP contribution in [0.4, 0.5) is 14.5 Å². The van der Waals surface area contributed by atoms with E-state index in [0.29, 0.717) is 12.1 Å². The van der Waals surface area contributed by atoms with Crippen molar-refractivity contribution < 1.29 is 13.5 Å². The SMILES string of the molecule is FC(F)Oc1ccc(NC2CCN3CCCC23)cc1Cl. The number of hydrogen-bond donors (Lipinski definition) is 1. The van der Waals surface area contributed by atoms with Gasteiger partial charge < -0.3 is 10.1 Å². The molecule has 20 heavy (non-hydrogen) atoms. The van der Waals surface area contributed by atoms with Crippen LogP contribution in [0.1, 0.15) is 19.3 Å². The highest BCUT2D eigenvalue weighted by atomic mass is 35.5. The minimum absolute atomic E-state index is 0.0149. The molecule has 110 valence electrons. The van der Waals surface area contributed by atoms with Crippen molar-refractivity contribution in [2.45, 2.75) is 38.0 Å². The Morgan fingerprint density at radius 2 is 2.15 bits per heavy atom. The van der Waals surface area contributed by atoms with Gasteiger partial charge in [0.2, 0.25) is 0 Å². The second-order valence-electron chi connectivity index (χ2n) is 5.31. The van der Waals surface area contributed by atoms with Gasteiger partial charge in [-0.05, 0) is 44.0 Å². The summed E-state index contributed by atoms with van der Waals surface area (Å²) in [6.07, 6.45) is 3.58. The van der Waals surface area contributed by atoms with Gasteiger partial charge in [-0.1, -0.05) is 11.6 Å². The molecular formula is C14H17ClF2N2O. The van der Waals surface area contributed by atoms with Gasteiger partial charge in [0.05, 0.1) is 5.02 Å². The molecule has 0 aromatic heterocycles. The molecule has 6 heteroatoms. The molecule has 0 aliphatic carbocycles. The summed E-state index contributed by atoms with van der Waals surface area (Å²) in [5.41, 5.74) is 0.857. The normalized spacial score (nSPS) is 26.0. The van der Waals surface area contributed by atoms with E-state index in [1.165, 1.54) is 25.5 Å². The molecule has 0 amide bonds. The van der Waals surface area contributed by atoms with E-state index < -0.39 is 6.61 Å². The highest BCUT2D eigenvalue weighted by Crippen LogP contribution is 2.33. The van der Waals surface area contributed by atoms with Crippen LogP contribution in [0.2, 0.25) is 5.02 Å². The molecule has 3 rings (SSSR count). The van der Waals surface area contributed by atoms with E-state index in [1.54, 1.807) is 12.1 Å². The second kappa shape index (κ2) is 5.74. The predicted molar refractivity (Wildman–Crippen MR) is 74.7 cm³/mol. The number of hydrogen-bond acceptors (Lipinski definition) is 3. The summed E-state index contributed by atoms with van der Waals surface area (Å²) in [5, 5.41) is 3.67. The van der Waals surface area contributed by atoms with E-state index in [-0.39, 0.29) is 10.8 Å². The van der Waals surface area contributed by atoms with Gasteiger partial charge in [0.1, 0.15) is 5.75 Å². The Balaban J connectivity index is 1.67. The first-order chi connectivity index (χ1) is 9.63. The molecule has 2 aliphatic rings. The van der Waals surface area contributed by atoms with Crippen LogP contribution in [0.5, 0.6) is 5.75 Å². The Kier molecular flexibility index (Phi) is 3.98. The van der Waals surface area contributed by atoms with Gasteiger partial charge in [0.15, 0.2) is 0 Å². The number of ether oxygens (including phenoxy) is 1. The molecule has 1 N–H and O–H groups in total. The fourth-order valence-electron chi connectivity index (χ4n) is 3.25. The van der Waals surface area contributed by atoms with Crippen molar-refractivity contribution in [1.82, 2.24) is 4.90 Å². The molecule has 2 heterocycles. The number of nitrogens with zero attached hydrogens (tertiary/aromatic N) is 1. The van der Waals surface area contributed by atoms with Crippen molar-refractivity contribution in [2.24, 2.45) is 0 Å². The summed E-state index contributed by atoms with van der Waals surface area (Å²) in [6.45, 7) is -0.541. The molecule has 0 spiro atoms. The number of alkyl halides is 2. The Hall–Kier alpha value is -1.07. The third-order valence-electron chi connectivity index (χ3n) is 4.11. The van der Waals surface area contributed by atoms with Crippen LogP contribution in [-0.2, 0) is 0 Å². The van der Waals surface area contributed by atoms with Gasteiger partial charge in [0.25, 0.3) is 0 Å². The van der Waals surface area contributed by atoms with Gasteiger partial charge in [-0.15, -0.1) is 0 Å². The maximum atomic E-state index is 12.2. The maximum Gasteiger partial charge on any atom is 0.387 e. The summed E-state index contributed by atoms with van der Waals surface area (Å²) < 4.78 is 28.7. The van der Waals surface area contributed by atoms with E-state index in [1.807, 2.05) is 0 Å². The van der Waals surface area contributed by atoms with Gasteiger partial charge >= 0.3 is 6.61 Å². The van der Waals surface area contributed by atoms with Crippen LogP contribution in [-0.4, -0.2) is 36.7 Å². The topological polar surface area (TPSA) is 24.5 Å². The lowest BCUT2D eigenvalue weighted by Crippen LogP contribution is -2.33. The van der Waals surface area contributed by atoms with Crippen LogP contribution in [0.25, 0.3) is 0 Å². The van der Waals surface area contributed by atoms with Crippen molar-refractivity contribution in [2.75, 3.05) is 18.4 Å². The van der Waals surface area contributed by atoms with Gasteiger partial charge in [-0.25, -0.2) is 0 Å². The van der Waals surface area contributed by atoms with Gasteiger partial charge in [-0.2, -0.15) is 8.78 Å². The predicted octanol–water partition coefficient (Wildman–Crippen LogP) is 3.59. The summed E-state index contributed by atoms with van der Waals surface area (Å²) in [6, 6.07) is 5.87. The van der Waals surface area contributed by atoms with E-state index in [0.717, 1.165) is 18.7 Å². The zero-order valence-electron chi connectivity index (χ0n) is 11.0. The Morgan fingerprint density at radius 3 is 2.90 bits per heavy atom. The zero-order valence-corrected chi connectivity index (χ0v) is 11.7. The highest BCUT2D eigenvalue weighted by molar-refractivity contribution is 6.32. The molecule has 0 bridgehead atoms. The fourth-order valence-corrected chi connectivity index (χ4v) is 3.47. The molecule has 2 unspecified atom stereocenters. The standard InChI is InChI=1S/C14H17ClF2N2O/c15-10-8-9(3-4-13(10)20-14(16)17)18-11-5-7-19-6-1-2-12(11)19/h3-4,8,11-12,14,18H,1-2,5-7H2. The van der Waals surface area contributed by atoms with Gasteiger partial charge in [-0.3, -0.25) is 4.90 Å². The van der Waals surface area contributed by atoms with Crippen LogP contribution in [0, 0.1) is 0 Å². The molecule has 2 saturated heterocycles. The van der Waals surface area contributed by atoms with Crippen LogP contribution in [0.3, 0.4) is 0 Å². The summed E-state index contributed by atoms with van der Waals surface area (Å²) in [7, 11) is 0. The van der Waals surface area contributed by atoms with E-state index in [4.69, 9.17) is 11.6 Å². The molecule has 0 saturated carbocycles. The third-order valence-corrected chi connectivity index (χ3v) is 4.40. The molecule has 2 aliphatic heterocycles. The second-order valence-corrected chi connectivity index (χ2v) is 5.72. The lowest BCUT2D eigenvalue weighted by molar-refractivity contribution is -0.0497. The lowest BCUT2D eigenvalue weighted by atomic mass is 10.1. The quantitative estimate of drug-likeness (QED) is 0.920. The van der Waals surface area contributed by atoms with E-state index in [9.17, 15) is 8.78 Å².